The molecule has 0 bridgehead atoms. The molecule has 2 N–H and O–H groups in total. The van der Waals surface area contributed by atoms with Crippen molar-refractivity contribution >= 4 is 22.6 Å². The highest BCUT2D eigenvalue weighted by Crippen LogP contribution is 2.25. The summed E-state index contributed by atoms with van der Waals surface area (Å²) in [6.07, 6.45) is -0.323. The van der Waals surface area contributed by atoms with Crippen LogP contribution in [0, 0.1) is 5.82 Å². The van der Waals surface area contributed by atoms with Crippen molar-refractivity contribution in [3.8, 4) is 11.5 Å². The van der Waals surface area contributed by atoms with Crippen LogP contribution in [0.3, 0.4) is 0 Å². The Morgan fingerprint density at radius 3 is 2.47 bits per heavy atom. The van der Waals surface area contributed by atoms with E-state index >= 15 is 0 Å². The average molecular weight is 410 g/mol. The summed E-state index contributed by atoms with van der Waals surface area (Å²) in [4.78, 5) is 23.9. The smallest absolute Gasteiger partial charge is 0.279 e. The quantitative estimate of drug-likeness (QED) is 0.438. The third-order valence-corrected chi connectivity index (χ3v) is 4.39. The molecule has 2 amide bonds. The van der Waals surface area contributed by atoms with Gasteiger partial charge in [0.2, 0.25) is 5.91 Å². The number of carbonyl (C=O) groups is 2. The summed E-state index contributed by atoms with van der Waals surface area (Å²) >= 11 is 0. The zero-order valence-electron chi connectivity index (χ0n) is 16.6. The molecule has 0 aliphatic carbocycles. The number of nitrogens with one attached hydrogen (secondary N) is 2. The molecule has 3 aromatic carbocycles. The minimum absolute atomic E-state index is 0.0305. The van der Waals surface area contributed by atoms with E-state index in [1.54, 1.807) is 6.07 Å². The lowest BCUT2D eigenvalue weighted by Gasteiger charge is -2.15. The molecule has 156 valence electrons. The first-order valence-electron chi connectivity index (χ1n) is 9.65. The maximum atomic E-state index is 13.6. The molecule has 0 aliphatic heterocycles. The summed E-state index contributed by atoms with van der Waals surface area (Å²) in [6.45, 7) is 1.83. The number of hydrazine groups is 1. The van der Waals surface area contributed by atoms with E-state index in [0.29, 0.717) is 13.0 Å². The topological polar surface area (TPSA) is 76.7 Å². The zero-order chi connectivity index (χ0) is 21.3. The van der Waals surface area contributed by atoms with Gasteiger partial charge in [0.1, 0.15) is 5.75 Å². The van der Waals surface area contributed by atoms with Crippen molar-refractivity contribution in [3.05, 3.63) is 72.5 Å². The lowest BCUT2D eigenvalue weighted by Crippen LogP contribution is -2.47. The van der Waals surface area contributed by atoms with Crippen molar-refractivity contribution in [3.63, 3.8) is 0 Å². The van der Waals surface area contributed by atoms with E-state index in [1.165, 1.54) is 25.1 Å². The second kappa shape index (κ2) is 10.2. The van der Waals surface area contributed by atoms with Crippen LogP contribution in [0.5, 0.6) is 11.5 Å². The zero-order valence-corrected chi connectivity index (χ0v) is 16.6. The largest absolute Gasteiger partial charge is 0.493 e. The molecule has 0 spiro atoms. The van der Waals surface area contributed by atoms with Crippen molar-refractivity contribution < 1.29 is 23.5 Å². The fraction of sp³-hybridized carbons (Fsp3) is 0.217. The third kappa shape index (κ3) is 5.70. The molecule has 30 heavy (non-hydrogen) atoms. The summed E-state index contributed by atoms with van der Waals surface area (Å²) in [7, 11) is 0. The van der Waals surface area contributed by atoms with E-state index in [-0.39, 0.29) is 18.1 Å². The van der Waals surface area contributed by atoms with Gasteiger partial charge in [-0.05, 0) is 36.9 Å². The monoisotopic (exact) mass is 410 g/mol. The second-order valence-corrected chi connectivity index (χ2v) is 6.66. The van der Waals surface area contributed by atoms with Gasteiger partial charge >= 0.3 is 0 Å². The summed E-state index contributed by atoms with van der Waals surface area (Å²) in [6, 6.07) is 19.5. The number of benzene rings is 3. The Kier molecular flexibility index (Phi) is 7.21. The Hall–Kier alpha value is -3.61. The van der Waals surface area contributed by atoms with Crippen LogP contribution in [0.2, 0.25) is 0 Å². The molecule has 7 heteroatoms. The first-order valence-corrected chi connectivity index (χ1v) is 9.65. The minimum Gasteiger partial charge on any atom is -0.493 e. The Bertz CT molecular complexity index is 1020. The molecule has 0 saturated carbocycles. The lowest BCUT2D eigenvalue weighted by atomic mass is 10.1. The molecule has 1 atom stereocenters. The van der Waals surface area contributed by atoms with Crippen LogP contribution in [-0.4, -0.2) is 24.5 Å². The second-order valence-electron chi connectivity index (χ2n) is 6.66. The third-order valence-electron chi connectivity index (χ3n) is 4.39. The highest BCUT2D eigenvalue weighted by Gasteiger charge is 2.17. The van der Waals surface area contributed by atoms with Crippen LogP contribution in [0.1, 0.15) is 19.8 Å². The van der Waals surface area contributed by atoms with Gasteiger partial charge in [0.05, 0.1) is 6.61 Å². The van der Waals surface area contributed by atoms with Crippen molar-refractivity contribution in [2.24, 2.45) is 0 Å². The molecular weight excluding hydrogens is 387 g/mol. The molecule has 3 aromatic rings. The molecule has 1 unspecified atom stereocenters. The first-order chi connectivity index (χ1) is 14.5. The van der Waals surface area contributed by atoms with E-state index in [4.69, 9.17) is 9.47 Å². The van der Waals surface area contributed by atoms with Crippen LogP contribution < -0.4 is 20.3 Å². The average Bonchev–Trinajstić information content (AvgIpc) is 2.76. The van der Waals surface area contributed by atoms with Gasteiger partial charge in [-0.15, -0.1) is 0 Å². The summed E-state index contributed by atoms with van der Waals surface area (Å²) in [5, 5.41) is 2.10. The molecule has 6 nitrogen and oxygen atoms in total. The predicted molar refractivity (Wildman–Crippen MR) is 111 cm³/mol. The molecule has 0 fully saturated rings. The van der Waals surface area contributed by atoms with Gasteiger partial charge in [-0.1, -0.05) is 48.5 Å². The molecule has 3 rings (SSSR count). The summed E-state index contributed by atoms with van der Waals surface area (Å²) < 4.78 is 24.6. The van der Waals surface area contributed by atoms with Crippen molar-refractivity contribution in [2.45, 2.75) is 25.9 Å². The number of ether oxygens (including phenoxy) is 2. The van der Waals surface area contributed by atoms with Crippen LogP contribution in [0.4, 0.5) is 4.39 Å². The fourth-order valence-corrected chi connectivity index (χ4v) is 2.82. The van der Waals surface area contributed by atoms with Gasteiger partial charge < -0.3 is 9.47 Å². The molecule has 0 aromatic heterocycles. The van der Waals surface area contributed by atoms with Gasteiger partial charge in [-0.2, -0.15) is 0 Å². The normalized spacial score (nSPS) is 11.5. The van der Waals surface area contributed by atoms with Crippen molar-refractivity contribution in [2.75, 3.05) is 6.61 Å². The molecule has 0 radical (unpaired) electrons. The van der Waals surface area contributed by atoms with Gasteiger partial charge in [0.25, 0.3) is 5.91 Å². The van der Waals surface area contributed by atoms with Crippen LogP contribution in [0.15, 0.2) is 66.7 Å². The summed E-state index contributed by atoms with van der Waals surface area (Å²) in [5.74, 6) is -0.771. The number of amides is 2. The van der Waals surface area contributed by atoms with E-state index in [9.17, 15) is 14.0 Å². The number of halogens is 1. The first kappa shape index (κ1) is 21.1. The van der Waals surface area contributed by atoms with E-state index in [0.717, 1.165) is 16.5 Å². The highest BCUT2D eigenvalue weighted by atomic mass is 19.1. The fourth-order valence-electron chi connectivity index (χ4n) is 2.82. The van der Waals surface area contributed by atoms with Gasteiger partial charge in [-0.3, -0.25) is 20.4 Å². The SMILES string of the molecule is CC(Oc1ccccc1F)C(=O)NNC(=O)CCCOc1cccc2ccccc12. The number of hydrogen-bond donors (Lipinski definition) is 2. The Morgan fingerprint density at radius 1 is 0.933 bits per heavy atom. The maximum Gasteiger partial charge on any atom is 0.279 e. The number of para-hydroxylation sites is 1. The van der Waals surface area contributed by atoms with E-state index in [2.05, 4.69) is 10.9 Å². The van der Waals surface area contributed by atoms with Crippen molar-refractivity contribution in [1.29, 1.82) is 0 Å². The number of fused-ring (bicyclic) bond motifs is 1. The standard InChI is InChI=1S/C23H23FN2O4/c1-16(30-21-12-5-4-11-19(21)24)23(28)26-25-22(27)14-7-15-29-20-13-6-9-17-8-2-3-10-18(17)20/h2-6,8-13,16H,7,14-15H2,1H3,(H,25,27)(H,26,28). The molecule has 0 heterocycles. The van der Waals surface area contributed by atoms with Crippen LogP contribution in [0.25, 0.3) is 10.8 Å². The Morgan fingerprint density at radius 2 is 1.63 bits per heavy atom. The van der Waals surface area contributed by atoms with E-state index in [1.807, 2.05) is 42.5 Å². The van der Waals surface area contributed by atoms with Gasteiger partial charge in [0, 0.05) is 11.8 Å². The highest BCUT2D eigenvalue weighted by molar-refractivity contribution is 5.88. The molecular formula is C23H23FN2O4. The minimum atomic E-state index is -0.975. The van der Waals surface area contributed by atoms with Crippen LogP contribution in [-0.2, 0) is 9.59 Å². The number of carbonyl (C=O) groups excluding carboxylic acids is 2. The van der Waals surface area contributed by atoms with Crippen LogP contribution >= 0.6 is 0 Å². The summed E-state index contributed by atoms with van der Waals surface area (Å²) in [5.41, 5.74) is 4.60. The predicted octanol–water partition coefficient (Wildman–Crippen LogP) is 3.75. The molecule has 0 saturated heterocycles. The van der Waals surface area contributed by atoms with E-state index < -0.39 is 17.8 Å². The maximum absolute atomic E-state index is 13.6. The Balaban J connectivity index is 1.37. The number of hydrogen-bond acceptors (Lipinski definition) is 4. The van der Waals surface area contributed by atoms with Gasteiger partial charge in [-0.25, -0.2) is 4.39 Å². The van der Waals surface area contributed by atoms with Gasteiger partial charge in [0.15, 0.2) is 17.7 Å². The Labute approximate surface area is 174 Å². The van der Waals surface area contributed by atoms with Crippen molar-refractivity contribution in [1.82, 2.24) is 10.9 Å². The number of rotatable bonds is 8. The lowest BCUT2D eigenvalue weighted by molar-refractivity contribution is -0.132. The molecule has 0 aliphatic rings.